The Morgan fingerprint density at radius 1 is 1.15 bits per heavy atom. The molecular formula is C14H21NO4S. The number of rotatable bonds is 7. The van der Waals surface area contributed by atoms with Gasteiger partial charge in [0, 0.05) is 24.9 Å². The first-order chi connectivity index (χ1) is 9.58. The predicted molar refractivity (Wildman–Crippen MR) is 81.4 cm³/mol. The van der Waals surface area contributed by atoms with Crippen LogP contribution in [0.3, 0.4) is 0 Å². The van der Waals surface area contributed by atoms with Crippen molar-refractivity contribution in [1.29, 1.82) is 0 Å². The molecule has 1 amide bonds. The number of amides is 1. The Morgan fingerprint density at radius 3 is 2.10 bits per heavy atom. The molecule has 0 aromatic heterocycles. The Bertz CT molecular complexity index is 439. The van der Waals surface area contributed by atoms with Crippen LogP contribution in [0, 0.1) is 0 Å². The van der Waals surface area contributed by atoms with Crippen molar-refractivity contribution >= 4 is 17.7 Å². The van der Waals surface area contributed by atoms with E-state index in [9.17, 15) is 4.79 Å². The summed E-state index contributed by atoms with van der Waals surface area (Å²) in [5, 5.41) is 0. The fraction of sp³-hybridized carbons (Fsp3) is 0.500. The minimum atomic E-state index is -0.0710. The minimum Gasteiger partial charge on any atom is -0.493 e. The molecule has 0 aliphatic carbocycles. The van der Waals surface area contributed by atoms with Crippen molar-refractivity contribution in [1.82, 2.24) is 4.90 Å². The van der Waals surface area contributed by atoms with Crippen molar-refractivity contribution in [3.8, 4) is 17.2 Å². The van der Waals surface area contributed by atoms with Gasteiger partial charge in [0.15, 0.2) is 11.5 Å². The molecule has 112 valence electrons. The summed E-state index contributed by atoms with van der Waals surface area (Å²) in [6, 6.07) is 3.33. The van der Waals surface area contributed by atoms with E-state index in [0.717, 1.165) is 5.75 Å². The van der Waals surface area contributed by atoms with E-state index in [1.165, 1.54) is 21.3 Å². The molecule has 1 aromatic rings. The number of carbonyl (C=O) groups excluding carboxylic acids is 1. The highest BCUT2D eigenvalue weighted by atomic mass is 32.2. The molecular weight excluding hydrogens is 278 g/mol. The fourth-order valence-electron chi connectivity index (χ4n) is 1.75. The zero-order chi connectivity index (χ0) is 15.1. The minimum absolute atomic E-state index is 0.0710. The van der Waals surface area contributed by atoms with Crippen molar-refractivity contribution in [2.24, 2.45) is 0 Å². The van der Waals surface area contributed by atoms with Crippen LogP contribution < -0.4 is 14.2 Å². The highest BCUT2D eigenvalue weighted by Gasteiger charge is 2.19. The topological polar surface area (TPSA) is 48.0 Å². The highest BCUT2D eigenvalue weighted by molar-refractivity contribution is 7.98. The van der Waals surface area contributed by atoms with E-state index >= 15 is 0 Å². The van der Waals surface area contributed by atoms with Gasteiger partial charge in [0.2, 0.25) is 5.75 Å². The monoisotopic (exact) mass is 299 g/mol. The number of methoxy groups -OCH3 is 3. The lowest BCUT2D eigenvalue weighted by atomic mass is 10.1. The second-order valence-corrected chi connectivity index (χ2v) is 5.12. The lowest BCUT2D eigenvalue weighted by Crippen LogP contribution is -2.28. The van der Waals surface area contributed by atoms with Gasteiger partial charge in [0.25, 0.3) is 5.91 Å². The third-order valence-electron chi connectivity index (χ3n) is 2.89. The van der Waals surface area contributed by atoms with Crippen LogP contribution >= 0.6 is 11.8 Å². The van der Waals surface area contributed by atoms with E-state index < -0.39 is 0 Å². The molecule has 0 saturated heterocycles. The van der Waals surface area contributed by atoms with Crippen LogP contribution in [-0.2, 0) is 0 Å². The van der Waals surface area contributed by atoms with Gasteiger partial charge in [-0.2, -0.15) is 11.8 Å². The molecule has 0 atom stereocenters. The van der Waals surface area contributed by atoms with Gasteiger partial charge in [-0.3, -0.25) is 4.79 Å². The van der Waals surface area contributed by atoms with Crippen molar-refractivity contribution in [2.75, 3.05) is 46.9 Å². The number of hydrogen-bond donors (Lipinski definition) is 0. The zero-order valence-electron chi connectivity index (χ0n) is 12.6. The van der Waals surface area contributed by atoms with E-state index in [2.05, 4.69) is 0 Å². The van der Waals surface area contributed by atoms with Crippen molar-refractivity contribution in [3.63, 3.8) is 0 Å². The number of hydrogen-bond acceptors (Lipinski definition) is 5. The Hall–Kier alpha value is -1.56. The summed E-state index contributed by atoms with van der Waals surface area (Å²) < 4.78 is 15.7. The number of benzene rings is 1. The van der Waals surface area contributed by atoms with Gasteiger partial charge < -0.3 is 19.1 Å². The van der Waals surface area contributed by atoms with Gasteiger partial charge in [0.1, 0.15) is 0 Å². The molecule has 0 fully saturated rings. The first-order valence-corrected chi connectivity index (χ1v) is 7.52. The van der Waals surface area contributed by atoms with Crippen LogP contribution in [0.4, 0.5) is 0 Å². The maximum Gasteiger partial charge on any atom is 0.253 e. The largest absolute Gasteiger partial charge is 0.493 e. The summed E-state index contributed by atoms with van der Waals surface area (Å²) >= 11 is 1.70. The van der Waals surface area contributed by atoms with Crippen LogP contribution in [-0.4, -0.2) is 57.7 Å². The average Bonchev–Trinajstić information content (AvgIpc) is 2.49. The maximum atomic E-state index is 12.4. The van der Waals surface area contributed by atoms with Crippen LogP contribution in [0.15, 0.2) is 12.1 Å². The average molecular weight is 299 g/mol. The van der Waals surface area contributed by atoms with Crippen LogP contribution in [0.25, 0.3) is 0 Å². The molecule has 1 aromatic carbocycles. The quantitative estimate of drug-likeness (QED) is 0.772. The number of carbonyl (C=O) groups is 1. The third kappa shape index (κ3) is 3.72. The molecule has 6 heteroatoms. The molecule has 20 heavy (non-hydrogen) atoms. The van der Waals surface area contributed by atoms with E-state index in [1.807, 2.05) is 6.26 Å². The second-order valence-electron chi connectivity index (χ2n) is 4.13. The van der Waals surface area contributed by atoms with E-state index in [-0.39, 0.29) is 5.91 Å². The van der Waals surface area contributed by atoms with Crippen molar-refractivity contribution < 1.29 is 19.0 Å². The van der Waals surface area contributed by atoms with Crippen LogP contribution in [0.1, 0.15) is 10.4 Å². The Kier molecular flexibility index (Phi) is 6.51. The first kappa shape index (κ1) is 16.5. The third-order valence-corrected chi connectivity index (χ3v) is 3.48. The number of thioether (sulfide) groups is 1. The fourth-order valence-corrected chi connectivity index (χ4v) is 2.21. The highest BCUT2D eigenvalue weighted by Crippen LogP contribution is 2.38. The molecule has 0 aliphatic rings. The first-order valence-electron chi connectivity index (χ1n) is 6.13. The predicted octanol–water partition coefficient (Wildman–Crippen LogP) is 2.15. The lowest BCUT2D eigenvalue weighted by molar-refractivity contribution is 0.0803. The van der Waals surface area contributed by atoms with E-state index in [4.69, 9.17) is 14.2 Å². The molecule has 1 rings (SSSR count). The molecule has 0 N–H and O–H groups in total. The standard InChI is InChI=1S/C14H21NO4S/c1-15(6-7-20-5)14(16)10-8-11(17-2)13(19-4)12(9-10)18-3/h8-9H,6-7H2,1-5H3. The normalized spacial score (nSPS) is 10.1. The number of nitrogens with zero attached hydrogens (tertiary/aromatic N) is 1. The molecule has 0 bridgehead atoms. The lowest BCUT2D eigenvalue weighted by Gasteiger charge is -2.19. The molecule has 5 nitrogen and oxygen atoms in total. The summed E-state index contributed by atoms with van der Waals surface area (Å²) in [7, 11) is 6.38. The van der Waals surface area contributed by atoms with Gasteiger partial charge in [-0.25, -0.2) is 0 Å². The molecule has 0 aliphatic heterocycles. The van der Waals surface area contributed by atoms with Crippen LogP contribution in [0.2, 0.25) is 0 Å². The van der Waals surface area contributed by atoms with E-state index in [0.29, 0.717) is 29.4 Å². The van der Waals surface area contributed by atoms with Gasteiger partial charge in [-0.05, 0) is 18.4 Å². The SMILES string of the molecule is COc1cc(C(=O)N(C)CCSC)cc(OC)c1OC. The summed E-state index contributed by atoms with van der Waals surface area (Å²) in [5.41, 5.74) is 0.517. The Labute approximate surface area is 124 Å². The van der Waals surface area contributed by atoms with Crippen LogP contribution in [0.5, 0.6) is 17.2 Å². The Morgan fingerprint density at radius 2 is 1.70 bits per heavy atom. The zero-order valence-corrected chi connectivity index (χ0v) is 13.4. The Balaban J connectivity index is 3.09. The van der Waals surface area contributed by atoms with E-state index in [1.54, 1.807) is 35.8 Å². The smallest absolute Gasteiger partial charge is 0.253 e. The van der Waals surface area contributed by atoms with Crippen molar-refractivity contribution in [2.45, 2.75) is 0 Å². The van der Waals surface area contributed by atoms with Gasteiger partial charge >= 0.3 is 0 Å². The van der Waals surface area contributed by atoms with Gasteiger partial charge in [0.05, 0.1) is 21.3 Å². The van der Waals surface area contributed by atoms with Gasteiger partial charge in [-0.1, -0.05) is 0 Å². The summed E-state index contributed by atoms with van der Waals surface area (Å²) in [5.74, 6) is 2.27. The maximum absolute atomic E-state index is 12.4. The summed E-state index contributed by atoms with van der Waals surface area (Å²) in [4.78, 5) is 14.0. The summed E-state index contributed by atoms with van der Waals surface area (Å²) in [6.45, 7) is 0.691. The summed E-state index contributed by atoms with van der Waals surface area (Å²) in [6.07, 6.45) is 2.01. The number of ether oxygens (including phenoxy) is 3. The molecule has 0 spiro atoms. The van der Waals surface area contributed by atoms with Crippen molar-refractivity contribution in [3.05, 3.63) is 17.7 Å². The second kappa shape index (κ2) is 7.89. The van der Waals surface area contributed by atoms with Gasteiger partial charge in [-0.15, -0.1) is 0 Å². The molecule has 0 saturated carbocycles. The molecule has 0 heterocycles. The molecule has 0 unspecified atom stereocenters. The molecule has 0 radical (unpaired) electrons.